The number of hydrazone groups is 1. The predicted molar refractivity (Wildman–Crippen MR) is 97.0 cm³/mol. The smallest absolute Gasteiger partial charge is 0.312 e. The van der Waals surface area contributed by atoms with Crippen LogP contribution in [0.15, 0.2) is 23.3 Å². The summed E-state index contributed by atoms with van der Waals surface area (Å²) in [5, 5.41) is 16.1. The van der Waals surface area contributed by atoms with Crippen LogP contribution in [-0.4, -0.2) is 28.6 Å². The van der Waals surface area contributed by atoms with E-state index in [1.54, 1.807) is 19.1 Å². The van der Waals surface area contributed by atoms with E-state index in [1.807, 2.05) is 0 Å². The molecular formula is C16H19Cl2N3O4. The molecule has 0 aliphatic rings. The molecule has 1 atom stereocenters. The highest BCUT2D eigenvalue weighted by Gasteiger charge is 2.18. The van der Waals surface area contributed by atoms with Crippen LogP contribution in [0.3, 0.4) is 0 Å². The first-order valence-electron chi connectivity index (χ1n) is 7.55. The van der Waals surface area contributed by atoms with Gasteiger partial charge in [0.05, 0.1) is 16.6 Å². The molecule has 0 aliphatic heterocycles. The summed E-state index contributed by atoms with van der Waals surface area (Å²) in [6, 6.07) is 4.64. The number of hydrogen-bond acceptors (Lipinski definition) is 4. The van der Waals surface area contributed by atoms with Crippen LogP contribution in [0, 0.1) is 5.92 Å². The van der Waals surface area contributed by atoms with E-state index in [4.69, 9.17) is 28.3 Å². The van der Waals surface area contributed by atoms with Crippen molar-refractivity contribution < 1.29 is 19.5 Å². The van der Waals surface area contributed by atoms with Crippen LogP contribution in [0.5, 0.6) is 0 Å². The lowest BCUT2D eigenvalue weighted by Gasteiger charge is -2.09. The molecule has 0 saturated heterocycles. The summed E-state index contributed by atoms with van der Waals surface area (Å²) in [7, 11) is 0. The van der Waals surface area contributed by atoms with Crippen LogP contribution in [0.2, 0.25) is 10.0 Å². The third kappa shape index (κ3) is 7.11. The Morgan fingerprint density at radius 2 is 1.84 bits per heavy atom. The van der Waals surface area contributed by atoms with Gasteiger partial charge in [0.25, 0.3) is 0 Å². The Hall–Kier alpha value is -2.12. The van der Waals surface area contributed by atoms with E-state index < -0.39 is 23.7 Å². The van der Waals surface area contributed by atoms with Gasteiger partial charge in [-0.3, -0.25) is 14.4 Å². The Morgan fingerprint density at radius 3 is 2.40 bits per heavy atom. The lowest BCUT2D eigenvalue weighted by Crippen LogP contribution is -2.26. The van der Waals surface area contributed by atoms with Crippen LogP contribution in [0.1, 0.15) is 33.1 Å². The number of aliphatic carboxylic acids is 1. The summed E-state index contributed by atoms with van der Waals surface area (Å²) in [5.74, 6) is -2.64. The zero-order valence-corrected chi connectivity index (χ0v) is 15.3. The Balaban J connectivity index is 2.48. The van der Waals surface area contributed by atoms with Gasteiger partial charge in [-0.25, -0.2) is 5.43 Å². The number of nitrogens with one attached hydrogen (secondary N) is 2. The Morgan fingerprint density at radius 1 is 1.20 bits per heavy atom. The average Bonchev–Trinajstić information content (AvgIpc) is 2.54. The summed E-state index contributed by atoms with van der Waals surface area (Å²) in [5.41, 5.74) is 2.95. The monoisotopic (exact) mass is 387 g/mol. The number of carboxylic acid groups (broad SMARTS) is 1. The highest BCUT2D eigenvalue weighted by atomic mass is 35.5. The maximum atomic E-state index is 11.8. The van der Waals surface area contributed by atoms with Crippen LogP contribution in [0.4, 0.5) is 5.69 Å². The number of hydrogen-bond donors (Lipinski definition) is 3. The first-order valence-corrected chi connectivity index (χ1v) is 8.30. The van der Waals surface area contributed by atoms with Crippen molar-refractivity contribution in [2.24, 2.45) is 11.0 Å². The Kier molecular flexibility index (Phi) is 8.37. The predicted octanol–water partition coefficient (Wildman–Crippen LogP) is 3.32. The van der Waals surface area contributed by atoms with E-state index in [9.17, 15) is 14.4 Å². The van der Waals surface area contributed by atoms with Gasteiger partial charge < -0.3 is 10.4 Å². The molecule has 136 valence electrons. The maximum absolute atomic E-state index is 11.8. The third-order valence-corrected chi connectivity index (χ3v) is 3.90. The lowest BCUT2D eigenvalue weighted by molar-refractivity contribution is -0.139. The SMILES string of the molecule is CCC(C(=O)O)/C(C)=N/NC(=O)CCC(=O)Nc1ccc(Cl)cc1Cl. The fourth-order valence-electron chi connectivity index (χ4n) is 1.96. The highest BCUT2D eigenvalue weighted by Crippen LogP contribution is 2.25. The molecule has 0 fully saturated rings. The van der Waals surface area contributed by atoms with Crippen LogP contribution in [-0.2, 0) is 14.4 Å². The third-order valence-electron chi connectivity index (χ3n) is 3.35. The van der Waals surface area contributed by atoms with Gasteiger partial charge in [-0.15, -0.1) is 0 Å². The number of nitrogens with zero attached hydrogens (tertiary/aromatic N) is 1. The summed E-state index contributed by atoms with van der Waals surface area (Å²) in [6.45, 7) is 3.24. The molecular weight excluding hydrogens is 369 g/mol. The molecule has 1 aromatic carbocycles. The Labute approximate surface area is 155 Å². The van der Waals surface area contributed by atoms with E-state index in [0.717, 1.165) is 0 Å². The van der Waals surface area contributed by atoms with Crippen molar-refractivity contribution in [3.8, 4) is 0 Å². The van der Waals surface area contributed by atoms with Gasteiger partial charge >= 0.3 is 5.97 Å². The van der Waals surface area contributed by atoms with Gasteiger partial charge in [0.1, 0.15) is 0 Å². The first-order chi connectivity index (χ1) is 11.7. The van der Waals surface area contributed by atoms with Crippen molar-refractivity contribution in [1.29, 1.82) is 0 Å². The summed E-state index contributed by atoms with van der Waals surface area (Å²) in [6.07, 6.45) is 0.192. The van der Waals surface area contributed by atoms with Crippen molar-refractivity contribution >= 4 is 52.4 Å². The minimum atomic E-state index is -1.00. The standard InChI is InChI=1S/C16H19Cl2N3O4/c1-3-11(16(24)25)9(2)20-21-15(23)7-6-14(22)19-13-5-4-10(17)8-12(13)18/h4-5,8,11H,3,6-7H2,1-2H3,(H,19,22)(H,21,23)(H,24,25)/b20-9+. The maximum Gasteiger partial charge on any atom is 0.312 e. The number of benzene rings is 1. The fourth-order valence-corrected chi connectivity index (χ4v) is 2.42. The molecule has 0 heterocycles. The minimum absolute atomic E-state index is 0.0739. The van der Waals surface area contributed by atoms with Gasteiger partial charge in [-0.05, 0) is 31.5 Å². The van der Waals surface area contributed by atoms with Crippen molar-refractivity contribution in [1.82, 2.24) is 5.43 Å². The molecule has 0 aliphatic carbocycles. The van der Waals surface area contributed by atoms with E-state index >= 15 is 0 Å². The van der Waals surface area contributed by atoms with Gasteiger partial charge in [0.2, 0.25) is 11.8 Å². The molecule has 0 bridgehead atoms. The molecule has 1 aromatic rings. The summed E-state index contributed by atoms with van der Waals surface area (Å²) < 4.78 is 0. The second-order valence-electron chi connectivity index (χ2n) is 5.26. The van der Waals surface area contributed by atoms with E-state index in [2.05, 4.69) is 15.8 Å². The molecule has 9 heteroatoms. The second kappa shape index (κ2) is 10.0. The summed E-state index contributed by atoms with van der Waals surface area (Å²) in [4.78, 5) is 34.5. The molecule has 7 nitrogen and oxygen atoms in total. The van der Waals surface area contributed by atoms with Crippen molar-refractivity contribution in [3.63, 3.8) is 0 Å². The molecule has 25 heavy (non-hydrogen) atoms. The molecule has 3 N–H and O–H groups in total. The van der Waals surface area contributed by atoms with Crippen molar-refractivity contribution in [2.75, 3.05) is 5.32 Å². The lowest BCUT2D eigenvalue weighted by atomic mass is 10.0. The molecule has 0 spiro atoms. The van der Waals surface area contributed by atoms with Crippen LogP contribution < -0.4 is 10.7 Å². The first kappa shape index (κ1) is 20.9. The van der Waals surface area contributed by atoms with Gasteiger partial charge in [-0.2, -0.15) is 5.10 Å². The number of carbonyl (C=O) groups is 3. The van der Waals surface area contributed by atoms with Crippen LogP contribution in [0.25, 0.3) is 0 Å². The van der Waals surface area contributed by atoms with E-state index in [0.29, 0.717) is 27.9 Å². The molecule has 2 amide bonds. The number of rotatable bonds is 8. The van der Waals surface area contributed by atoms with Gasteiger partial charge in [0.15, 0.2) is 0 Å². The number of amides is 2. The normalized spacial score (nSPS) is 12.4. The topological polar surface area (TPSA) is 108 Å². The largest absolute Gasteiger partial charge is 0.481 e. The molecule has 0 aromatic heterocycles. The fraction of sp³-hybridized carbons (Fsp3) is 0.375. The van der Waals surface area contributed by atoms with E-state index in [1.165, 1.54) is 13.0 Å². The summed E-state index contributed by atoms with van der Waals surface area (Å²) >= 11 is 11.7. The number of anilines is 1. The van der Waals surface area contributed by atoms with E-state index in [-0.39, 0.29) is 12.8 Å². The molecule has 1 rings (SSSR count). The zero-order chi connectivity index (χ0) is 19.0. The highest BCUT2D eigenvalue weighted by molar-refractivity contribution is 6.36. The quantitative estimate of drug-likeness (QED) is 0.469. The molecule has 0 radical (unpaired) electrons. The second-order valence-corrected chi connectivity index (χ2v) is 6.10. The Bertz CT molecular complexity index is 692. The van der Waals surface area contributed by atoms with Crippen molar-refractivity contribution in [2.45, 2.75) is 33.1 Å². The zero-order valence-electron chi connectivity index (χ0n) is 13.8. The number of carbonyl (C=O) groups excluding carboxylic acids is 2. The number of carboxylic acids is 1. The van der Waals surface area contributed by atoms with Crippen molar-refractivity contribution in [3.05, 3.63) is 28.2 Å². The van der Waals surface area contributed by atoms with Gasteiger partial charge in [-0.1, -0.05) is 30.1 Å². The van der Waals surface area contributed by atoms with Gasteiger partial charge in [0, 0.05) is 23.6 Å². The number of halogens is 2. The minimum Gasteiger partial charge on any atom is -0.481 e. The molecule has 1 unspecified atom stereocenters. The average molecular weight is 388 g/mol. The molecule has 0 saturated carbocycles. The van der Waals surface area contributed by atoms with Crippen LogP contribution >= 0.6 is 23.2 Å².